The molecule has 1 saturated heterocycles. The zero-order valence-corrected chi connectivity index (χ0v) is 11.8. The van der Waals surface area contributed by atoms with Crippen LogP contribution < -0.4 is 5.32 Å². The Balaban J connectivity index is 1.79. The Morgan fingerprint density at radius 3 is 2.85 bits per heavy atom. The normalized spacial score (nSPS) is 17.1. The number of amides is 1. The van der Waals surface area contributed by atoms with E-state index in [-0.39, 0.29) is 17.8 Å². The van der Waals surface area contributed by atoms with Crippen LogP contribution in [0.3, 0.4) is 0 Å². The van der Waals surface area contributed by atoms with Crippen LogP contribution in [0.4, 0.5) is 4.39 Å². The summed E-state index contributed by atoms with van der Waals surface area (Å²) >= 11 is 0. The highest BCUT2D eigenvalue weighted by Crippen LogP contribution is 2.11. The number of likely N-dealkylation sites (tertiary alicyclic amines) is 1. The molecule has 0 aliphatic carbocycles. The number of nitrogens with zero attached hydrogens (tertiary/aromatic N) is 1. The van der Waals surface area contributed by atoms with Crippen LogP contribution in [0, 0.1) is 5.82 Å². The molecular weight excluding hydrogens is 259 g/mol. The first kappa shape index (κ1) is 14.9. The fraction of sp³-hybridized carbons (Fsp3) is 0.533. The molecule has 1 heterocycles. The number of benzene rings is 1. The molecular formula is C15H21FN2O2. The average Bonchev–Trinajstić information content (AvgIpc) is 2.46. The smallest absolute Gasteiger partial charge is 0.251 e. The third-order valence-electron chi connectivity index (χ3n) is 3.62. The summed E-state index contributed by atoms with van der Waals surface area (Å²) in [6, 6.07) is 5.96. The first-order valence-electron chi connectivity index (χ1n) is 6.97. The van der Waals surface area contributed by atoms with Gasteiger partial charge in [-0.25, -0.2) is 4.39 Å². The van der Waals surface area contributed by atoms with Crippen molar-refractivity contribution in [1.29, 1.82) is 0 Å². The van der Waals surface area contributed by atoms with Gasteiger partial charge >= 0.3 is 0 Å². The van der Waals surface area contributed by atoms with Gasteiger partial charge in [-0.2, -0.15) is 0 Å². The van der Waals surface area contributed by atoms with Crippen LogP contribution in [0.2, 0.25) is 0 Å². The summed E-state index contributed by atoms with van der Waals surface area (Å²) in [5, 5.41) is 2.98. The first-order valence-corrected chi connectivity index (χ1v) is 6.97. The van der Waals surface area contributed by atoms with Crippen molar-refractivity contribution in [2.45, 2.75) is 18.9 Å². The highest BCUT2D eigenvalue weighted by Gasteiger charge is 2.20. The second kappa shape index (κ2) is 7.36. The molecule has 1 N–H and O–H groups in total. The van der Waals surface area contributed by atoms with Crippen molar-refractivity contribution in [1.82, 2.24) is 10.2 Å². The van der Waals surface area contributed by atoms with E-state index in [0.717, 1.165) is 39.1 Å². The number of piperidine rings is 1. The number of hydrogen-bond donors (Lipinski definition) is 1. The molecule has 1 amide bonds. The number of hydrogen-bond acceptors (Lipinski definition) is 3. The molecule has 1 aliphatic rings. The number of halogens is 1. The van der Waals surface area contributed by atoms with Crippen molar-refractivity contribution in [3.8, 4) is 0 Å². The predicted octanol–water partition coefficient (Wildman–Crippen LogP) is 1.67. The Labute approximate surface area is 118 Å². The van der Waals surface area contributed by atoms with E-state index in [4.69, 9.17) is 4.74 Å². The molecule has 0 aromatic heterocycles. The maximum atomic E-state index is 13.1. The van der Waals surface area contributed by atoms with Crippen LogP contribution in [0.5, 0.6) is 0 Å². The minimum absolute atomic E-state index is 0.171. The molecule has 2 rings (SSSR count). The Morgan fingerprint density at radius 2 is 2.20 bits per heavy atom. The topological polar surface area (TPSA) is 41.6 Å². The molecule has 5 heteroatoms. The summed E-state index contributed by atoms with van der Waals surface area (Å²) in [6.07, 6.45) is 1.84. The van der Waals surface area contributed by atoms with E-state index in [1.165, 1.54) is 12.1 Å². The van der Waals surface area contributed by atoms with Gasteiger partial charge in [-0.3, -0.25) is 4.79 Å². The summed E-state index contributed by atoms with van der Waals surface area (Å²) in [7, 11) is 1.70. The summed E-state index contributed by atoms with van der Waals surface area (Å²) in [5.41, 5.74) is 0.381. The van der Waals surface area contributed by atoms with E-state index < -0.39 is 0 Å². The van der Waals surface area contributed by atoms with Gasteiger partial charge in [-0.05, 0) is 31.0 Å². The van der Waals surface area contributed by atoms with Gasteiger partial charge in [0.1, 0.15) is 5.82 Å². The van der Waals surface area contributed by atoms with E-state index in [0.29, 0.717) is 5.56 Å². The van der Waals surface area contributed by atoms with Gasteiger partial charge in [-0.15, -0.1) is 0 Å². The van der Waals surface area contributed by atoms with Gasteiger partial charge < -0.3 is 15.0 Å². The van der Waals surface area contributed by atoms with Gasteiger partial charge in [0.25, 0.3) is 5.91 Å². The van der Waals surface area contributed by atoms with Crippen LogP contribution in [0.25, 0.3) is 0 Å². The van der Waals surface area contributed by atoms with Crippen molar-refractivity contribution in [2.75, 3.05) is 33.4 Å². The molecule has 0 saturated carbocycles. The monoisotopic (exact) mass is 280 g/mol. The van der Waals surface area contributed by atoms with Gasteiger partial charge in [0.05, 0.1) is 6.61 Å². The van der Waals surface area contributed by atoms with E-state index in [2.05, 4.69) is 10.2 Å². The van der Waals surface area contributed by atoms with Gasteiger partial charge in [0.2, 0.25) is 0 Å². The second-order valence-corrected chi connectivity index (χ2v) is 5.09. The summed E-state index contributed by atoms with van der Waals surface area (Å²) in [5.74, 6) is -0.577. The van der Waals surface area contributed by atoms with Crippen molar-refractivity contribution >= 4 is 5.91 Å². The Morgan fingerprint density at radius 1 is 1.45 bits per heavy atom. The molecule has 0 bridgehead atoms. The van der Waals surface area contributed by atoms with Crippen molar-refractivity contribution in [3.05, 3.63) is 35.6 Å². The molecule has 0 spiro atoms. The molecule has 20 heavy (non-hydrogen) atoms. The average molecular weight is 280 g/mol. The minimum Gasteiger partial charge on any atom is -0.383 e. The van der Waals surface area contributed by atoms with E-state index in [1.54, 1.807) is 19.2 Å². The maximum absolute atomic E-state index is 13.1. The largest absolute Gasteiger partial charge is 0.383 e. The first-order chi connectivity index (χ1) is 9.69. The van der Waals surface area contributed by atoms with Gasteiger partial charge in [-0.1, -0.05) is 6.07 Å². The Hall–Kier alpha value is -1.46. The number of nitrogens with one attached hydrogen (secondary N) is 1. The van der Waals surface area contributed by atoms with Crippen molar-refractivity contribution < 1.29 is 13.9 Å². The summed E-state index contributed by atoms with van der Waals surface area (Å²) in [6.45, 7) is 3.58. The fourth-order valence-electron chi connectivity index (χ4n) is 2.42. The molecule has 1 aromatic carbocycles. The third kappa shape index (κ3) is 4.28. The Bertz CT molecular complexity index is 445. The van der Waals surface area contributed by atoms with Crippen molar-refractivity contribution in [2.24, 2.45) is 0 Å². The lowest BCUT2D eigenvalue weighted by Crippen LogP contribution is -2.45. The highest BCUT2D eigenvalue weighted by molar-refractivity contribution is 5.94. The molecule has 110 valence electrons. The van der Waals surface area contributed by atoms with Gasteiger partial charge in [0, 0.05) is 38.3 Å². The molecule has 1 aromatic rings. The molecule has 1 fully saturated rings. The molecule has 1 aliphatic heterocycles. The lowest BCUT2D eigenvalue weighted by Gasteiger charge is -2.32. The molecule has 0 unspecified atom stereocenters. The number of ether oxygens (including phenoxy) is 1. The van der Waals surface area contributed by atoms with Crippen LogP contribution in [0.1, 0.15) is 23.2 Å². The van der Waals surface area contributed by atoms with Crippen LogP contribution in [-0.2, 0) is 4.74 Å². The molecule has 0 atom stereocenters. The lowest BCUT2D eigenvalue weighted by molar-refractivity contribution is 0.0892. The fourth-order valence-corrected chi connectivity index (χ4v) is 2.42. The van der Waals surface area contributed by atoms with E-state index in [9.17, 15) is 9.18 Å². The minimum atomic E-state index is -0.382. The standard InChI is InChI=1S/C15H21FN2O2/c1-20-10-9-18-7-5-14(6-8-18)17-15(19)12-3-2-4-13(16)11-12/h2-4,11,14H,5-10H2,1H3,(H,17,19). The second-order valence-electron chi connectivity index (χ2n) is 5.09. The zero-order chi connectivity index (χ0) is 14.4. The highest BCUT2D eigenvalue weighted by atomic mass is 19.1. The van der Waals surface area contributed by atoms with Crippen LogP contribution in [-0.4, -0.2) is 50.2 Å². The Kier molecular flexibility index (Phi) is 5.49. The third-order valence-corrected chi connectivity index (χ3v) is 3.62. The van der Waals surface area contributed by atoms with Crippen LogP contribution >= 0.6 is 0 Å². The summed E-state index contributed by atoms with van der Waals surface area (Å²) < 4.78 is 18.1. The van der Waals surface area contributed by atoms with E-state index in [1.807, 2.05) is 0 Å². The number of carbonyl (C=O) groups is 1. The summed E-state index contributed by atoms with van der Waals surface area (Å²) in [4.78, 5) is 14.3. The predicted molar refractivity (Wildman–Crippen MR) is 75.2 cm³/mol. The van der Waals surface area contributed by atoms with Crippen LogP contribution in [0.15, 0.2) is 24.3 Å². The quantitative estimate of drug-likeness (QED) is 0.892. The molecule has 0 radical (unpaired) electrons. The number of rotatable bonds is 5. The molecule has 4 nitrogen and oxygen atoms in total. The van der Waals surface area contributed by atoms with Gasteiger partial charge in [0.15, 0.2) is 0 Å². The maximum Gasteiger partial charge on any atom is 0.251 e. The van der Waals surface area contributed by atoms with E-state index >= 15 is 0 Å². The number of carbonyl (C=O) groups excluding carboxylic acids is 1. The lowest BCUT2D eigenvalue weighted by atomic mass is 10.0. The number of methoxy groups -OCH3 is 1. The zero-order valence-electron chi connectivity index (χ0n) is 11.8. The SMILES string of the molecule is COCCN1CCC(NC(=O)c2cccc(F)c2)CC1. The van der Waals surface area contributed by atoms with Crippen molar-refractivity contribution in [3.63, 3.8) is 0 Å².